The quantitative estimate of drug-likeness (QED) is 0.0886. The average Bonchev–Trinajstić information content (AvgIpc) is 3.44. The van der Waals surface area contributed by atoms with Gasteiger partial charge in [0.05, 0.1) is 76.0 Å². The lowest BCUT2D eigenvalue weighted by Crippen LogP contribution is -2.40. The Labute approximate surface area is 434 Å². The molecule has 4 fully saturated rings. The van der Waals surface area contributed by atoms with Crippen molar-refractivity contribution in [3.05, 3.63) is 69.8 Å². The predicted octanol–water partition coefficient (Wildman–Crippen LogP) is 6.48. The molecule has 7 rings (SSSR count). The minimum absolute atomic E-state index is 0.0420. The van der Waals surface area contributed by atoms with Crippen LogP contribution in [0, 0.1) is 23.7 Å². The minimum atomic E-state index is -0.357. The van der Waals surface area contributed by atoms with Gasteiger partial charge in [-0.2, -0.15) is 0 Å². The lowest BCUT2D eigenvalue weighted by Gasteiger charge is -2.32. The van der Waals surface area contributed by atoms with Crippen LogP contribution in [-0.4, -0.2) is 139 Å². The van der Waals surface area contributed by atoms with Gasteiger partial charge >= 0.3 is 0 Å². The van der Waals surface area contributed by atoms with Gasteiger partial charge in [-0.25, -0.2) is 0 Å². The van der Waals surface area contributed by atoms with Gasteiger partial charge < -0.3 is 60.3 Å². The Morgan fingerprint density at radius 3 is 0.986 bits per heavy atom. The molecule has 0 unspecified atom stereocenters. The highest BCUT2D eigenvalue weighted by atomic mass is 16.5. The number of carbonyl (C=O) groups is 6. The van der Waals surface area contributed by atoms with E-state index in [-0.39, 0.29) is 83.1 Å². The van der Waals surface area contributed by atoms with Gasteiger partial charge in [-0.15, -0.1) is 0 Å². The zero-order chi connectivity index (χ0) is 53.1. The van der Waals surface area contributed by atoms with E-state index in [9.17, 15) is 28.8 Å². The highest BCUT2D eigenvalue weighted by Gasteiger charge is 2.33. The first-order valence-corrected chi connectivity index (χ1v) is 26.2. The van der Waals surface area contributed by atoms with Crippen molar-refractivity contribution in [1.82, 2.24) is 20.4 Å². The van der Waals surface area contributed by atoms with E-state index < -0.39 is 0 Å². The maximum absolute atomic E-state index is 14.1. The molecule has 0 atom stereocenters. The third-order valence-corrected chi connectivity index (χ3v) is 15.9. The summed E-state index contributed by atoms with van der Waals surface area (Å²) in [6, 6.07) is 9.17. The van der Waals surface area contributed by atoms with E-state index in [1.807, 2.05) is 0 Å². The summed E-state index contributed by atoms with van der Waals surface area (Å²) < 4.78 is 33.6. The SMILES string of the molecule is COc1cc(OC)c(C(=O)CC2CCC(NC(=O)c3cc(C(=O)N4CCC(CN)CC4)c(OC)cc3OC)CC2)cc1C(=O)CC1CCC(NC(=O)c2cc(C(=O)N3CCC(CN)CC3)c(OC)cc2OC)CC1. The summed E-state index contributed by atoms with van der Waals surface area (Å²) in [4.78, 5) is 86.7. The van der Waals surface area contributed by atoms with Gasteiger partial charge in [0.25, 0.3) is 23.6 Å². The number of nitrogens with zero attached hydrogens (tertiary/aromatic N) is 2. The molecule has 3 aromatic carbocycles. The van der Waals surface area contributed by atoms with Gasteiger partial charge in [-0.3, -0.25) is 28.8 Å². The van der Waals surface area contributed by atoms with E-state index in [4.69, 9.17) is 39.9 Å². The van der Waals surface area contributed by atoms with Crippen molar-refractivity contribution in [3.63, 3.8) is 0 Å². The van der Waals surface area contributed by atoms with Gasteiger partial charge in [-0.05, 0) is 132 Å². The van der Waals surface area contributed by atoms with E-state index in [1.165, 1.54) is 42.7 Å². The first-order valence-electron chi connectivity index (χ1n) is 26.2. The first kappa shape index (κ1) is 55.4. The number of hydrogen-bond acceptors (Lipinski definition) is 14. The van der Waals surface area contributed by atoms with Crippen LogP contribution >= 0.6 is 0 Å². The van der Waals surface area contributed by atoms with Gasteiger partial charge in [0.15, 0.2) is 11.6 Å². The second-order valence-electron chi connectivity index (χ2n) is 20.3. The number of ether oxygens (including phenoxy) is 6. The van der Waals surface area contributed by atoms with Crippen molar-refractivity contribution >= 4 is 35.2 Å². The van der Waals surface area contributed by atoms with Gasteiger partial charge in [0.2, 0.25) is 0 Å². The van der Waals surface area contributed by atoms with Crippen LogP contribution < -0.4 is 50.5 Å². The van der Waals surface area contributed by atoms with Crippen LogP contribution in [0.1, 0.15) is 152 Å². The third kappa shape index (κ3) is 12.9. The molecule has 18 nitrogen and oxygen atoms in total. The number of rotatable bonds is 20. The van der Waals surface area contributed by atoms with Gasteiger partial charge in [-0.1, -0.05) is 0 Å². The predicted molar refractivity (Wildman–Crippen MR) is 278 cm³/mol. The van der Waals surface area contributed by atoms with Gasteiger partial charge in [0, 0.05) is 69.3 Å². The second kappa shape index (κ2) is 25.7. The maximum atomic E-state index is 14.1. The number of benzene rings is 3. The Hall–Kier alpha value is -6.40. The first-order chi connectivity index (χ1) is 35.8. The molecular weight excluding hydrogens is 949 g/mol. The summed E-state index contributed by atoms with van der Waals surface area (Å²) in [5, 5.41) is 6.28. The fourth-order valence-electron chi connectivity index (χ4n) is 11.2. The van der Waals surface area contributed by atoms with Crippen LogP contribution in [0.5, 0.6) is 34.5 Å². The molecule has 18 heteroatoms. The number of hydrogen-bond donors (Lipinski definition) is 4. The van der Waals surface area contributed by atoms with Crippen LogP contribution in [0.25, 0.3) is 0 Å². The smallest absolute Gasteiger partial charge is 0.257 e. The number of likely N-dealkylation sites (tertiary alicyclic amines) is 2. The number of Topliss-reactive ketones (excluding diaryl/α,β-unsaturated/α-hetero) is 2. The highest BCUT2D eigenvalue weighted by Crippen LogP contribution is 2.38. The van der Waals surface area contributed by atoms with Crippen molar-refractivity contribution < 1.29 is 57.2 Å². The number of ketones is 2. The Kier molecular flexibility index (Phi) is 19.2. The molecule has 6 N–H and O–H groups in total. The molecule has 2 saturated heterocycles. The normalized spacial score (nSPS) is 20.5. The van der Waals surface area contributed by atoms with E-state index >= 15 is 0 Å². The molecule has 4 aliphatic rings. The molecule has 3 aromatic rings. The highest BCUT2D eigenvalue weighted by molar-refractivity contribution is 6.06. The number of carbonyl (C=O) groups excluding carboxylic acids is 6. The van der Waals surface area contributed by atoms with Crippen molar-refractivity contribution in [2.75, 3.05) is 81.9 Å². The molecule has 4 amide bonds. The molecule has 402 valence electrons. The zero-order valence-corrected chi connectivity index (χ0v) is 44.0. The maximum Gasteiger partial charge on any atom is 0.257 e. The van der Waals surface area contributed by atoms with Crippen LogP contribution in [0.3, 0.4) is 0 Å². The van der Waals surface area contributed by atoms with Crippen molar-refractivity contribution in [2.24, 2.45) is 35.1 Å². The Bertz CT molecular complexity index is 2340. The van der Waals surface area contributed by atoms with E-state index in [0.717, 1.165) is 25.7 Å². The summed E-state index contributed by atoms with van der Waals surface area (Å²) in [6.45, 7) is 3.49. The standard InChI is InChI=1S/C56H76N6O12/c1-69-47-28-48(70-2)40(46(64)24-34-9-13-38(14-10-34)60-54(66)42-27-44(52(74-6)30-50(42)72-4)56(68)62-21-17-36(32-58)18-22-62)25-39(47)45(63)23-33-7-11-37(12-8-33)59-53(65)41-26-43(51(73-5)29-49(41)71-3)55(67)61-19-15-35(31-57)16-20-61/h25-30,33-38H,7-24,31-32,57-58H2,1-6H3,(H,59,65)(H,60,66). The molecule has 2 heterocycles. The topological polar surface area (TPSA) is 240 Å². The lowest BCUT2D eigenvalue weighted by atomic mass is 9.81. The summed E-state index contributed by atoms with van der Waals surface area (Å²) in [5.74, 6) is 1.32. The number of piperidine rings is 2. The summed E-state index contributed by atoms with van der Waals surface area (Å²) >= 11 is 0. The van der Waals surface area contributed by atoms with Crippen LogP contribution in [0.4, 0.5) is 0 Å². The second-order valence-corrected chi connectivity index (χ2v) is 20.3. The number of amides is 4. The fourth-order valence-corrected chi connectivity index (χ4v) is 11.2. The summed E-state index contributed by atoms with van der Waals surface area (Å²) in [5.41, 5.74) is 13.4. The molecule has 0 radical (unpaired) electrons. The molecule has 74 heavy (non-hydrogen) atoms. The van der Waals surface area contributed by atoms with E-state index in [0.29, 0.717) is 159 Å². The Morgan fingerprint density at radius 2 is 0.689 bits per heavy atom. The van der Waals surface area contributed by atoms with E-state index in [2.05, 4.69) is 10.6 Å². The largest absolute Gasteiger partial charge is 0.496 e. The third-order valence-electron chi connectivity index (χ3n) is 15.9. The molecule has 0 aromatic heterocycles. The summed E-state index contributed by atoms with van der Waals surface area (Å²) in [7, 11) is 8.88. The molecule has 0 spiro atoms. The zero-order valence-electron chi connectivity index (χ0n) is 44.0. The fraction of sp³-hybridized carbons (Fsp3) is 0.571. The Balaban J connectivity index is 0.927. The number of nitrogens with two attached hydrogens (primary N) is 2. The molecule has 0 bridgehead atoms. The minimum Gasteiger partial charge on any atom is -0.496 e. The number of methoxy groups -OCH3 is 6. The van der Waals surface area contributed by atoms with Crippen molar-refractivity contribution in [1.29, 1.82) is 0 Å². The van der Waals surface area contributed by atoms with Crippen LogP contribution in [0.2, 0.25) is 0 Å². The molecule has 2 saturated carbocycles. The molecule has 2 aliphatic heterocycles. The van der Waals surface area contributed by atoms with Crippen LogP contribution in [-0.2, 0) is 0 Å². The van der Waals surface area contributed by atoms with E-state index in [1.54, 1.807) is 46.2 Å². The average molecular weight is 1030 g/mol. The Morgan fingerprint density at radius 1 is 0.405 bits per heavy atom. The number of nitrogens with one attached hydrogen (secondary N) is 2. The van der Waals surface area contributed by atoms with Crippen LogP contribution in [0.15, 0.2) is 36.4 Å². The lowest BCUT2D eigenvalue weighted by molar-refractivity contribution is 0.0682. The van der Waals surface area contributed by atoms with Crippen molar-refractivity contribution in [2.45, 2.75) is 102 Å². The molecule has 2 aliphatic carbocycles. The summed E-state index contributed by atoms with van der Waals surface area (Å²) in [6.07, 6.45) is 9.09. The van der Waals surface area contributed by atoms with Gasteiger partial charge in [0.1, 0.15) is 34.5 Å². The monoisotopic (exact) mass is 1020 g/mol. The molecular formula is C56H76N6O12. The van der Waals surface area contributed by atoms with Crippen molar-refractivity contribution in [3.8, 4) is 34.5 Å².